The lowest BCUT2D eigenvalue weighted by Gasteiger charge is -2.35. The Labute approximate surface area is 166 Å². The van der Waals surface area contributed by atoms with E-state index >= 15 is 0 Å². The van der Waals surface area contributed by atoms with Crippen LogP contribution in [0.25, 0.3) is 11.1 Å². The number of hydrogen-bond donors (Lipinski definition) is 1. The number of pyridine rings is 1. The molecule has 1 saturated heterocycles. The van der Waals surface area contributed by atoms with Gasteiger partial charge in [-0.2, -0.15) is 0 Å². The molecule has 2 aromatic rings. The SMILES string of the molecule is O=C(c1ccc(-c2ccc(Cl)cc2F)cn1)N1CCN(C(=O)C2(O)CC2)CC1. The number of halogens is 2. The normalized spacial score (nSPS) is 18.1. The Morgan fingerprint density at radius 1 is 1.07 bits per heavy atom. The fourth-order valence-electron chi connectivity index (χ4n) is 3.30. The Morgan fingerprint density at radius 3 is 2.32 bits per heavy atom. The topological polar surface area (TPSA) is 73.7 Å². The molecule has 1 N–H and O–H groups in total. The van der Waals surface area contributed by atoms with Crippen molar-refractivity contribution in [3.63, 3.8) is 0 Å². The molecule has 1 aromatic carbocycles. The van der Waals surface area contributed by atoms with Crippen LogP contribution in [0.4, 0.5) is 4.39 Å². The smallest absolute Gasteiger partial charge is 0.272 e. The number of piperazine rings is 1. The van der Waals surface area contributed by atoms with Gasteiger partial charge in [0.1, 0.15) is 17.1 Å². The van der Waals surface area contributed by atoms with Crippen molar-refractivity contribution < 1.29 is 19.1 Å². The molecule has 0 atom stereocenters. The molecular weight excluding hydrogens is 385 g/mol. The van der Waals surface area contributed by atoms with Gasteiger partial charge in [0, 0.05) is 48.5 Å². The predicted molar refractivity (Wildman–Crippen MR) is 101 cm³/mol. The summed E-state index contributed by atoms with van der Waals surface area (Å²) < 4.78 is 14.0. The Balaban J connectivity index is 1.41. The maximum atomic E-state index is 14.0. The maximum absolute atomic E-state index is 14.0. The fraction of sp³-hybridized carbons (Fsp3) is 0.350. The Morgan fingerprint density at radius 2 is 1.75 bits per heavy atom. The summed E-state index contributed by atoms with van der Waals surface area (Å²) in [5.41, 5.74) is -0.000829. The number of nitrogens with zero attached hydrogens (tertiary/aromatic N) is 3. The van der Waals surface area contributed by atoms with E-state index in [-0.39, 0.29) is 17.5 Å². The molecule has 1 aromatic heterocycles. The summed E-state index contributed by atoms with van der Waals surface area (Å²) in [6, 6.07) is 7.61. The van der Waals surface area contributed by atoms with E-state index in [1.165, 1.54) is 12.3 Å². The second-order valence-corrected chi connectivity index (χ2v) is 7.61. The van der Waals surface area contributed by atoms with Crippen molar-refractivity contribution in [2.45, 2.75) is 18.4 Å². The molecule has 0 bridgehead atoms. The van der Waals surface area contributed by atoms with Crippen LogP contribution in [-0.4, -0.2) is 63.5 Å². The molecule has 1 aliphatic carbocycles. The largest absolute Gasteiger partial charge is 0.380 e. The number of aliphatic hydroxyl groups is 1. The lowest BCUT2D eigenvalue weighted by molar-refractivity contribution is -0.143. The van der Waals surface area contributed by atoms with Crippen LogP contribution in [0.3, 0.4) is 0 Å². The van der Waals surface area contributed by atoms with Crippen molar-refractivity contribution in [1.29, 1.82) is 0 Å². The van der Waals surface area contributed by atoms with Crippen LogP contribution in [-0.2, 0) is 4.79 Å². The summed E-state index contributed by atoms with van der Waals surface area (Å²) in [6.07, 6.45) is 2.48. The van der Waals surface area contributed by atoms with E-state index in [1.54, 1.807) is 34.1 Å². The molecule has 4 rings (SSSR count). The van der Waals surface area contributed by atoms with Gasteiger partial charge in [0.15, 0.2) is 0 Å². The first-order valence-electron chi connectivity index (χ1n) is 9.10. The van der Waals surface area contributed by atoms with Gasteiger partial charge in [0.25, 0.3) is 11.8 Å². The number of aromatic nitrogens is 1. The van der Waals surface area contributed by atoms with Crippen LogP contribution < -0.4 is 0 Å². The first-order chi connectivity index (χ1) is 13.4. The Hall–Kier alpha value is -2.51. The molecule has 146 valence electrons. The average molecular weight is 404 g/mol. The lowest BCUT2D eigenvalue weighted by Crippen LogP contribution is -2.53. The third-order valence-electron chi connectivity index (χ3n) is 5.20. The summed E-state index contributed by atoms with van der Waals surface area (Å²) >= 11 is 5.77. The number of benzene rings is 1. The summed E-state index contributed by atoms with van der Waals surface area (Å²) in [7, 11) is 0. The number of carbonyl (C=O) groups excluding carboxylic acids is 2. The zero-order valence-electron chi connectivity index (χ0n) is 15.1. The van der Waals surface area contributed by atoms with Crippen molar-refractivity contribution in [2.24, 2.45) is 0 Å². The second-order valence-electron chi connectivity index (χ2n) is 7.17. The second kappa shape index (κ2) is 7.14. The predicted octanol–water partition coefficient (Wildman–Crippen LogP) is 2.35. The van der Waals surface area contributed by atoms with E-state index in [0.29, 0.717) is 55.2 Å². The number of hydrogen-bond acceptors (Lipinski definition) is 4. The highest BCUT2D eigenvalue weighted by atomic mass is 35.5. The number of carbonyl (C=O) groups is 2. The Bertz CT molecular complexity index is 923. The van der Waals surface area contributed by atoms with Gasteiger partial charge >= 0.3 is 0 Å². The van der Waals surface area contributed by atoms with Gasteiger partial charge in [-0.15, -0.1) is 0 Å². The number of rotatable bonds is 3. The van der Waals surface area contributed by atoms with Crippen LogP contribution in [0.1, 0.15) is 23.3 Å². The summed E-state index contributed by atoms with van der Waals surface area (Å²) in [6.45, 7) is 1.55. The minimum absolute atomic E-state index is 0.236. The molecule has 2 aliphatic rings. The highest BCUT2D eigenvalue weighted by Crippen LogP contribution is 2.37. The van der Waals surface area contributed by atoms with E-state index in [0.717, 1.165) is 0 Å². The molecule has 0 radical (unpaired) electrons. The van der Waals surface area contributed by atoms with E-state index in [4.69, 9.17) is 11.6 Å². The zero-order chi connectivity index (χ0) is 19.9. The van der Waals surface area contributed by atoms with E-state index in [1.807, 2.05) is 0 Å². The van der Waals surface area contributed by atoms with E-state index in [9.17, 15) is 19.1 Å². The fourth-order valence-corrected chi connectivity index (χ4v) is 3.46. The molecule has 2 amide bonds. The first kappa shape index (κ1) is 18.8. The van der Waals surface area contributed by atoms with Gasteiger partial charge in [0.05, 0.1) is 0 Å². The van der Waals surface area contributed by atoms with Crippen molar-refractivity contribution in [1.82, 2.24) is 14.8 Å². The standard InChI is InChI=1S/C20H19ClFN3O3/c21-14-2-3-15(16(22)11-14)13-1-4-17(23-12-13)18(26)24-7-9-25(10-8-24)19(27)20(28)5-6-20/h1-4,11-12,28H,5-10H2. The molecule has 28 heavy (non-hydrogen) atoms. The first-order valence-corrected chi connectivity index (χ1v) is 9.48. The van der Waals surface area contributed by atoms with E-state index in [2.05, 4.69) is 4.98 Å². The third-order valence-corrected chi connectivity index (χ3v) is 5.44. The maximum Gasteiger partial charge on any atom is 0.272 e. The van der Waals surface area contributed by atoms with Gasteiger partial charge in [-0.3, -0.25) is 14.6 Å². The van der Waals surface area contributed by atoms with Gasteiger partial charge in [-0.25, -0.2) is 4.39 Å². The molecule has 1 saturated carbocycles. The van der Waals surface area contributed by atoms with Crippen molar-refractivity contribution in [3.05, 3.63) is 53.1 Å². The van der Waals surface area contributed by atoms with Crippen molar-refractivity contribution >= 4 is 23.4 Å². The average Bonchev–Trinajstić information content (AvgIpc) is 3.46. The molecule has 2 heterocycles. The molecule has 6 nitrogen and oxygen atoms in total. The van der Waals surface area contributed by atoms with Crippen LogP contribution >= 0.6 is 11.6 Å². The van der Waals surface area contributed by atoms with Gasteiger partial charge in [0.2, 0.25) is 0 Å². The van der Waals surface area contributed by atoms with Crippen molar-refractivity contribution in [3.8, 4) is 11.1 Å². The van der Waals surface area contributed by atoms with Crippen LogP contribution in [0.5, 0.6) is 0 Å². The highest BCUT2D eigenvalue weighted by molar-refractivity contribution is 6.30. The number of amides is 2. The summed E-state index contributed by atoms with van der Waals surface area (Å²) in [5.74, 6) is -0.932. The molecule has 2 fully saturated rings. The summed E-state index contributed by atoms with van der Waals surface area (Å²) in [4.78, 5) is 32.3. The van der Waals surface area contributed by atoms with Gasteiger partial charge in [-0.05, 0) is 37.1 Å². The molecule has 1 aliphatic heterocycles. The molecule has 0 unspecified atom stereocenters. The van der Waals surface area contributed by atoms with Crippen LogP contribution in [0.15, 0.2) is 36.5 Å². The van der Waals surface area contributed by atoms with Crippen LogP contribution in [0.2, 0.25) is 5.02 Å². The summed E-state index contributed by atoms with van der Waals surface area (Å²) in [5, 5.41) is 10.3. The van der Waals surface area contributed by atoms with Gasteiger partial charge in [-0.1, -0.05) is 17.7 Å². The monoisotopic (exact) mass is 403 g/mol. The van der Waals surface area contributed by atoms with Crippen LogP contribution in [0, 0.1) is 5.82 Å². The zero-order valence-corrected chi connectivity index (χ0v) is 15.8. The molecule has 8 heteroatoms. The lowest BCUT2D eigenvalue weighted by atomic mass is 10.1. The van der Waals surface area contributed by atoms with Crippen molar-refractivity contribution in [2.75, 3.05) is 26.2 Å². The van der Waals surface area contributed by atoms with Gasteiger partial charge < -0.3 is 14.9 Å². The third kappa shape index (κ3) is 3.59. The van der Waals surface area contributed by atoms with E-state index < -0.39 is 11.4 Å². The Kier molecular flexibility index (Phi) is 4.81. The minimum Gasteiger partial charge on any atom is -0.380 e. The minimum atomic E-state index is -1.18. The molecular formula is C20H19ClFN3O3. The highest BCUT2D eigenvalue weighted by Gasteiger charge is 2.50. The molecule has 0 spiro atoms. The quantitative estimate of drug-likeness (QED) is 0.853.